The zero-order chi connectivity index (χ0) is 16.4. The van der Waals surface area contributed by atoms with Crippen LogP contribution in [-0.4, -0.2) is 22.5 Å². The predicted molar refractivity (Wildman–Crippen MR) is 92.8 cm³/mol. The number of ether oxygens (including phenoxy) is 1. The molecule has 0 saturated carbocycles. The Morgan fingerprint density at radius 2 is 2.04 bits per heavy atom. The number of anilines is 2. The molecule has 0 saturated heterocycles. The molecule has 23 heavy (non-hydrogen) atoms. The van der Waals surface area contributed by atoms with Gasteiger partial charge in [-0.25, -0.2) is 9.78 Å². The molecule has 0 aliphatic rings. The number of halogens is 1. The molecular formula is C16H14ClN3O2S. The first-order valence-electron chi connectivity index (χ1n) is 7.04. The van der Waals surface area contributed by atoms with Crippen molar-refractivity contribution in [2.75, 3.05) is 11.9 Å². The first kappa shape index (κ1) is 15.7. The lowest BCUT2D eigenvalue weighted by atomic mass is 10.2. The number of nitrogens with one attached hydrogen (secondary N) is 1. The molecule has 0 atom stereocenters. The Labute approximate surface area is 142 Å². The molecule has 0 unspecified atom stereocenters. The van der Waals surface area contributed by atoms with E-state index in [9.17, 15) is 4.79 Å². The minimum atomic E-state index is -0.392. The van der Waals surface area contributed by atoms with Crippen LogP contribution in [0.15, 0.2) is 29.6 Å². The van der Waals surface area contributed by atoms with Gasteiger partial charge in [-0.15, -0.1) is 11.3 Å². The van der Waals surface area contributed by atoms with Gasteiger partial charge in [-0.1, -0.05) is 17.7 Å². The summed E-state index contributed by atoms with van der Waals surface area (Å²) < 4.78 is 5.10. The van der Waals surface area contributed by atoms with Crippen molar-refractivity contribution in [3.63, 3.8) is 0 Å². The van der Waals surface area contributed by atoms with Crippen LogP contribution in [0.25, 0.3) is 10.2 Å². The van der Waals surface area contributed by atoms with Crippen LogP contribution < -0.4 is 5.32 Å². The van der Waals surface area contributed by atoms with E-state index in [2.05, 4.69) is 15.3 Å². The molecule has 3 rings (SSSR count). The van der Waals surface area contributed by atoms with E-state index < -0.39 is 5.97 Å². The lowest BCUT2D eigenvalue weighted by Crippen LogP contribution is -2.05. The molecule has 0 amide bonds. The average molecular weight is 348 g/mol. The van der Waals surface area contributed by atoms with Crippen molar-refractivity contribution in [1.82, 2.24) is 9.97 Å². The fourth-order valence-corrected chi connectivity index (χ4v) is 3.27. The summed E-state index contributed by atoms with van der Waals surface area (Å²) in [6.45, 7) is 4.10. The topological polar surface area (TPSA) is 64.1 Å². The summed E-state index contributed by atoms with van der Waals surface area (Å²) in [4.78, 5) is 21.2. The average Bonchev–Trinajstić information content (AvgIpc) is 2.93. The van der Waals surface area contributed by atoms with Gasteiger partial charge >= 0.3 is 5.97 Å². The van der Waals surface area contributed by atoms with Crippen LogP contribution in [0, 0.1) is 6.92 Å². The molecule has 5 nitrogen and oxygen atoms in total. The summed E-state index contributed by atoms with van der Waals surface area (Å²) in [5.41, 5.74) is 2.45. The number of hydrogen-bond acceptors (Lipinski definition) is 6. The normalized spacial score (nSPS) is 10.7. The molecule has 7 heteroatoms. The predicted octanol–water partition coefficient (Wildman–Crippen LogP) is 4.57. The minimum absolute atomic E-state index is 0.129. The van der Waals surface area contributed by atoms with Crippen molar-refractivity contribution in [2.24, 2.45) is 0 Å². The molecule has 0 aliphatic heterocycles. The van der Waals surface area contributed by atoms with Gasteiger partial charge in [-0.05, 0) is 37.6 Å². The summed E-state index contributed by atoms with van der Waals surface area (Å²) in [6, 6.07) is 7.85. The molecule has 0 aliphatic carbocycles. The van der Waals surface area contributed by atoms with Crippen molar-refractivity contribution < 1.29 is 9.53 Å². The standard InChI is InChI=1S/C16H14ClN3O2S/c1-3-22-15(21)11-8-23-14-12(11)13(19-16(17)20-14)18-10-6-4-9(2)5-7-10/h4-8H,3H2,1-2H3,(H,18,19,20). The maximum Gasteiger partial charge on any atom is 0.339 e. The Kier molecular flexibility index (Phi) is 4.45. The molecule has 1 N–H and O–H groups in total. The number of rotatable bonds is 4. The zero-order valence-electron chi connectivity index (χ0n) is 12.6. The van der Waals surface area contributed by atoms with Gasteiger partial charge in [0.05, 0.1) is 17.6 Å². The summed E-state index contributed by atoms with van der Waals surface area (Å²) in [5, 5.41) is 5.67. The van der Waals surface area contributed by atoms with E-state index in [0.717, 1.165) is 11.3 Å². The van der Waals surface area contributed by atoms with E-state index in [0.29, 0.717) is 28.2 Å². The molecule has 2 aromatic heterocycles. The van der Waals surface area contributed by atoms with Gasteiger partial charge < -0.3 is 10.1 Å². The SMILES string of the molecule is CCOC(=O)c1csc2nc(Cl)nc(Nc3ccc(C)cc3)c12. The highest BCUT2D eigenvalue weighted by Crippen LogP contribution is 2.33. The Morgan fingerprint density at radius 3 is 2.74 bits per heavy atom. The summed E-state index contributed by atoms with van der Waals surface area (Å²) in [7, 11) is 0. The molecule has 2 heterocycles. The van der Waals surface area contributed by atoms with E-state index in [1.54, 1.807) is 12.3 Å². The Morgan fingerprint density at radius 1 is 1.30 bits per heavy atom. The monoisotopic (exact) mass is 347 g/mol. The van der Waals surface area contributed by atoms with E-state index >= 15 is 0 Å². The highest BCUT2D eigenvalue weighted by atomic mass is 35.5. The van der Waals surface area contributed by atoms with Crippen LogP contribution in [0.4, 0.5) is 11.5 Å². The quantitative estimate of drug-likeness (QED) is 0.553. The van der Waals surface area contributed by atoms with Gasteiger partial charge in [-0.2, -0.15) is 4.98 Å². The van der Waals surface area contributed by atoms with Crippen LogP contribution in [0.1, 0.15) is 22.8 Å². The number of hydrogen-bond donors (Lipinski definition) is 1. The molecule has 0 spiro atoms. The lowest BCUT2D eigenvalue weighted by Gasteiger charge is -2.09. The highest BCUT2D eigenvalue weighted by Gasteiger charge is 2.19. The smallest absolute Gasteiger partial charge is 0.339 e. The molecular weight excluding hydrogens is 334 g/mol. The third kappa shape index (κ3) is 3.28. The van der Waals surface area contributed by atoms with Crippen LogP contribution in [0.3, 0.4) is 0 Å². The van der Waals surface area contributed by atoms with Crippen molar-refractivity contribution in [1.29, 1.82) is 0 Å². The number of benzene rings is 1. The Bertz CT molecular complexity index is 862. The van der Waals surface area contributed by atoms with Crippen LogP contribution in [-0.2, 0) is 4.74 Å². The van der Waals surface area contributed by atoms with E-state index in [4.69, 9.17) is 16.3 Å². The Balaban J connectivity index is 2.08. The minimum Gasteiger partial charge on any atom is -0.462 e. The van der Waals surface area contributed by atoms with Gasteiger partial charge in [0.1, 0.15) is 10.6 Å². The van der Waals surface area contributed by atoms with E-state index in [1.807, 2.05) is 31.2 Å². The first-order valence-corrected chi connectivity index (χ1v) is 8.29. The number of nitrogens with zero attached hydrogens (tertiary/aromatic N) is 2. The van der Waals surface area contributed by atoms with Crippen molar-refractivity contribution >= 4 is 50.6 Å². The first-order chi connectivity index (χ1) is 11.1. The molecule has 0 radical (unpaired) electrons. The van der Waals surface area contributed by atoms with Gasteiger partial charge in [0.25, 0.3) is 0 Å². The second-order valence-corrected chi connectivity index (χ2v) is 6.08. The van der Waals surface area contributed by atoms with Crippen LogP contribution >= 0.6 is 22.9 Å². The highest BCUT2D eigenvalue weighted by molar-refractivity contribution is 7.17. The van der Waals surface area contributed by atoms with Crippen molar-refractivity contribution in [2.45, 2.75) is 13.8 Å². The van der Waals surface area contributed by atoms with Gasteiger partial charge in [0, 0.05) is 11.1 Å². The fraction of sp³-hybridized carbons (Fsp3) is 0.188. The van der Waals surface area contributed by atoms with E-state index in [1.165, 1.54) is 11.3 Å². The number of aromatic nitrogens is 2. The van der Waals surface area contributed by atoms with Crippen molar-refractivity contribution in [3.8, 4) is 0 Å². The largest absolute Gasteiger partial charge is 0.462 e. The van der Waals surface area contributed by atoms with Gasteiger partial charge in [0.15, 0.2) is 0 Å². The molecule has 0 fully saturated rings. The second kappa shape index (κ2) is 6.52. The van der Waals surface area contributed by atoms with Gasteiger partial charge in [-0.3, -0.25) is 0 Å². The number of thiophene rings is 1. The fourth-order valence-electron chi connectivity index (χ4n) is 2.14. The number of esters is 1. The molecule has 0 bridgehead atoms. The molecule has 1 aromatic carbocycles. The zero-order valence-corrected chi connectivity index (χ0v) is 14.2. The number of fused-ring (bicyclic) bond motifs is 1. The van der Waals surface area contributed by atoms with Crippen molar-refractivity contribution in [3.05, 3.63) is 46.1 Å². The third-order valence-corrected chi connectivity index (χ3v) is 4.26. The number of carbonyl (C=O) groups is 1. The van der Waals surface area contributed by atoms with Crippen LogP contribution in [0.2, 0.25) is 5.28 Å². The summed E-state index contributed by atoms with van der Waals surface area (Å²) in [6.07, 6.45) is 0. The Hall–Kier alpha value is -2.18. The maximum atomic E-state index is 12.1. The third-order valence-electron chi connectivity index (χ3n) is 3.22. The summed E-state index contributed by atoms with van der Waals surface area (Å²) in [5.74, 6) is 0.102. The molecule has 118 valence electrons. The van der Waals surface area contributed by atoms with Gasteiger partial charge in [0.2, 0.25) is 5.28 Å². The lowest BCUT2D eigenvalue weighted by molar-refractivity contribution is 0.0529. The van der Waals surface area contributed by atoms with E-state index in [-0.39, 0.29) is 5.28 Å². The maximum absolute atomic E-state index is 12.1. The number of aryl methyl sites for hydroxylation is 1. The second-order valence-electron chi connectivity index (χ2n) is 4.88. The molecule has 3 aromatic rings. The summed E-state index contributed by atoms with van der Waals surface area (Å²) >= 11 is 7.33. The number of carbonyl (C=O) groups excluding carboxylic acids is 1. The van der Waals surface area contributed by atoms with Crippen LogP contribution in [0.5, 0.6) is 0 Å².